The number of nitrogens with one attached hydrogen (secondary N) is 3. The zero-order valence-corrected chi connectivity index (χ0v) is 43.7. The van der Waals surface area contributed by atoms with Gasteiger partial charge in [0.1, 0.15) is 5.58 Å². The van der Waals surface area contributed by atoms with Gasteiger partial charge in [0.15, 0.2) is 0 Å². The van der Waals surface area contributed by atoms with Crippen molar-refractivity contribution in [2.24, 2.45) is 0 Å². The molecule has 4 aromatic carbocycles. The molecule has 1 aliphatic rings. The first-order valence-corrected chi connectivity index (χ1v) is 25.9. The number of pyridine rings is 2. The predicted octanol–water partition coefficient (Wildman–Crippen LogP) is 8.05. The molecule has 3 amide bonds. The molecule has 14 heteroatoms. The van der Waals surface area contributed by atoms with Crippen LogP contribution in [0.4, 0.5) is 0 Å². The number of rotatable bonds is 15. The van der Waals surface area contributed by atoms with Crippen LogP contribution in [0.25, 0.3) is 33.5 Å². The first kappa shape index (κ1) is 53.2. The molecule has 14 nitrogen and oxygen atoms in total. The van der Waals surface area contributed by atoms with Crippen molar-refractivity contribution in [3.63, 3.8) is 0 Å². The van der Waals surface area contributed by atoms with Crippen LogP contribution in [0.5, 0.6) is 0 Å². The summed E-state index contributed by atoms with van der Waals surface area (Å²) in [6, 6.07) is 44.5. The fourth-order valence-electron chi connectivity index (χ4n) is 9.44. The van der Waals surface area contributed by atoms with Gasteiger partial charge in [-0.25, -0.2) is 9.97 Å². The highest BCUT2D eigenvalue weighted by molar-refractivity contribution is 5.89. The zero-order valence-electron chi connectivity index (χ0n) is 43.7. The highest BCUT2D eigenvalue weighted by Crippen LogP contribution is 2.28. The van der Waals surface area contributed by atoms with Crippen LogP contribution in [-0.2, 0) is 26.3 Å². The molecule has 3 atom stereocenters. The summed E-state index contributed by atoms with van der Waals surface area (Å²) in [5.74, 6) is -0.264. The molecule has 0 radical (unpaired) electrons. The number of aromatic nitrogens is 2. The second-order valence-electron chi connectivity index (χ2n) is 20.7. The number of nitrogens with zero attached hydrogens (tertiary/aromatic N) is 6. The van der Waals surface area contributed by atoms with E-state index in [-0.39, 0.29) is 72.0 Å². The molecule has 386 valence electrons. The molecular weight excluding hydrogens is 927 g/mol. The number of carbonyl (C=O) groups excluding carboxylic acids is 3. The van der Waals surface area contributed by atoms with Crippen molar-refractivity contribution in [1.82, 2.24) is 45.5 Å². The minimum atomic E-state index is -0.176. The molecule has 0 saturated carbocycles. The molecule has 0 aliphatic carbocycles. The molecule has 0 spiro atoms. The molecule has 1 aliphatic heterocycles. The van der Waals surface area contributed by atoms with E-state index in [9.17, 15) is 19.2 Å². The van der Waals surface area contributed by atoms with E-state index in [1.165, 1.54) is 0 Å². The molecule has 4 heterocycles. The van der Waals surface area contributed by atoms with Crippen molar-refractivity contribution in [2.45, 2.75) is 71.6 Å². The van der Waals surface area contributed by atoms with Crippen LogP contribution < -0.4 is 21.4 Å². The van der Waals surface area contributed by atoms with Crippen LogP contribution in [0.2, 0.25) is 0 Å². The van der Waals surface area contributed by atoms with Gasteiger partial charge in [-0.2, -0.15) is 0 Å². The van der Waals surface area contributed by atoms with Crippen LogP contribution in [0.15, 0.2) is 149 Å². The van der Waals surface area contributed by atoms with Crippen molar-refractivity contribution < 1.29 is 18.8 Å². The average Bonchev–Trinajstić information content (AvgIpc) is 3.40. The Kier molecular flexibility index (Phi) is 17.8. The van der Waals surface area contributed by atoms with E-state index in [1.54, 1.807) is 6.07 Å². The Balaban J connectivity index is 1.04. The topological polar surface area (TPSA) is 156 Å². The summed E-state index contributed by atoms with van der Waals surface area (Å²) in [7, 11) is 0. The summed E-state index contributed by atoms with van der Waals surface area (Å²) in [6.45, 7) is 17.7. The van der Waals surface area contributed by atoms with Gasteiger partial charge in [-0.1, -0.05) is 124 Å². The molecule has 3 aromatic heterocycles. The van der Waals surface area contributed by atoms with Gasteiger partial charge in [-0.05, 0) is 84.8 Å². The lowest BCUT2D eigenvalue weighted by Crippen LogP contribution is -2.50. The SMILES string of the molecule is C[C@H](NC(=O)CN1CCN(CC(=O)N[C@@H](C)c2ccccc2)CCN(Cc2cccc(-c3ccc4c(=O)c5cc(C(C)(C)C)ccc5oc4n3)n2)CCN(CC(=O)N[C@@H](C)c2ccccc2)CC1)c1ccccc1. The molecule has 74 heavy (non-hydrogen) atoms. The van der Waals surface area contributed by atoms with Gasteiger partial charge >= 0.3 is 0 Å². The lowest BCUT2D eigenvalue weighted by Gasteiger charge is -2.34. The van der Waals surface area contributed by atoms with Crippen LogP contribution in [-0.4, -0.2) is 119 Å². The van der Waals surface area contributed by atoms with Crippen molar-refractivity contribution in [1.29, 1.82) is 0 Å². The number of carbonyl (C=O) groups is 3. The molecule has 3 N–H and O–H groups in total. The van der Waals surface area contributed by atoms with Gasteiger partial charge < -0.3 is 20.4 Å². The van der Waals surface area contributed by atoms with E-state index in [1.807, 2.05) is 154 Å². The standard InChI is InChI=1S/C60H71N9O5/c1-42(45-17-10-7-11-18-45)61-55(70)39-67-31-29-66(38-49-23-16-24-52(64-49)53-27-26-50-58(73)51-37-48(60(4,5)6)25-28-54(51)74-59(50)65-53)30-32-68(40-56(71)62-43(2)46-19-12-8-13-20-46)34-36-69(35-33-67)41-57(72)63-44(3)47-21-14-9-15-22-47/h7-28,37,42-44H,29-36,38-41H2,1-6H3,(H,61,70)(H,62,71)(H,63,72)/t42-,43-,44-/m0/s1. The molecule has 0 bridgehead atoms. The Bertz CT molecular complexity index is 2980. The monoisotopic (exact) mass is 998 g/mol. The highest BCUT2D eigenvalue weighted by atomic mass is 16.3. The predicted molar refractivity (Wildman–Crippen MR) is 293 cm³/mol. The normalized spacial score (nSPS) is 16.1. The maximum atomic E-state index is 13.8. The first-order valence-electron chi connectivity index (χ1n) is 25.9. The van der Waals surface area contributed by atoms with Gasteiger partial charge in [0.2, 0.25) is 28.9 Å². The number of amides is 3. The van der Waals surface area contributed by atoms with Crippen molar-refractivity contribution in [3.8, 4) is 11.4 Å². The number of fused-ring (bicyclic) bond motifs is 2. The van der Waals surface area contributed by atoms with E-state index in [2.05, 4.69) is 56.3 Å². The largest absolute Gasteiger partial charge is 0.437 e. The van der Waals surface area contributed by atoms with E-state index >= 15 is 0 Å². The highest BCUT2D eigenvalue weighted by Gasteiger charge is 2.24. The van der Waals surface area contributed by atoms with Gasteiger partial charge in [-0.3, -0.25) is 38.8 Å². The smallest absolute Gasteiger partial charge is 0.234 e. The van der Waals surface area contributed by atoms with E-state index in [4.69, 9.17) is 14.4 Å². The fraction of sp³-hybridized carbons (Fsp3) is 0.367. The summed E-state index contributed by atoms with van der Waals surface area (Å²) in [5.41, 5.74) is 6.65. The Morgan fingerprint density at radius 1 is 0.514 bits per heavy atom. The van der Waals surface area contributed by atoms with E-state index in [0.717, 1.165) is 27.9 Å². The molecule has 0 unspecified atom stereocenters. The van der Waals surface area contributed by atoms with E-state index < -0.39 is 0 Å². The Morgan fingerprint density at radius 3 is 1.39 bits per heavy atom. The number of benzene rings is 4. The molecule has 1 saturated heterocycles. The van der Waals surface area contributed by atoms with Crippen LogP contribution in [0, 0.1) is 0 Å². The molecule has 8 rings (SSSR count). The quantitative estimate of drug-likeness (QED) is 0.0855. The summed E-state index contributed by atoms with van der Waals surface area (Å²) in [6.07, 6.45) is 0. The van der Waals surface area contributed by atoms with Crippen molar-refractivity contribution >= 4 is 39.8 Å². The minimum Gasteiger partial charge on any atom is -0.437 e. The lowest BCUT2D eigenvalue weighted by molar-refractivity contribution is -0.125. The lowest BCUT2D eigenvalue weighted by atomic mass is 9.86. The second-order valence-corrected chi connectivity index (χ2v) is 20.7. The summed E-state index contributed by atoms with van der Waals surface area (Å²) in [4.78, 5) is 73.9. The Labute approximate surface area is 435 Å². The third-order valence-corrected chi connectivity index (χ3v) is 13.9. The number of hydrogen-bond donors (Lipinski definition) is 3. The van der Waals surface area contributed by atoms with Crippen LogP contribution in [0.3, 0.4) is 0 Å². The van der Waals surface area contributed by atoms with Gasteiger partial charge in [0.25, 0.3) is 0 Å². The maximum absolute atomic E-state index is 13.8. The van der Waals surface area contributed by atoms with Gasteiger partial charge in [0, 0.05) is 58.9 Å². The Hall–Kier alpha value is -7.10. The van der Waals surface area contributed by atoms with Gasteiger partial charge in [0.05, 0.1) is 65.6 Å². The van der Waals surface area contributed by atoms with Gasteiger partial charge in [-0.15, -0.1) is 0 Å². The Morgan fingerprint density at radius 2 is 0.946 bits per heavy atom. The average molecular weight is 998 g/mol. The van der Waals surface area contributed by atoms with Crippen LogP contribution in [0.1, 0.15) is 87.6 Å². The molecule has 7 aromatic rings. The summed E-state index contributed by atoms with van der Waals surface area (Å²) < 4.78 is 6.26. The van der Waals surface area contributed by atoms with Crippen molar-refractivity contribution in [2.75, 3.05) is 72.0 Å². The van der Waals surface area contributed by atoms with Crippen LogP contribution >= 0.6 is 0 Å². The molecular formula is C60H71N9O5. The third-order valence-electron chi connectivity index (χ3n) is 13.9. The molecule has 1 fully saturated rings. The fourth-order valence-corrected chi connectivity index (χ4v) is 9.44. The first-order chi connectivity index (χ1) is 35.6. The second kappa shape index (κ2) is 24.8. The van der Waals surface area contributed by atoms with E-state index in [0.29, 0.717) is 86.6 Å². The number of hydrogen-bond acceptors (Lipinski definition) is 11. The maximum Gasteiger partial charge on any atom is 0.234 e. The zero-order chi connectivity index (χ0) is 52.2. The summed E-state index contributed by atoms with van der Waals surface area (Å²) in [5, 5.41) is 10.5. The van der Waals surface area contributed by atoms with Crippen molar-refractivity contribution in [3.05, 3.63) is 178 Å². The summed E-state index contributed by atoms with van der Waals surface area (Å²) >= 11 is 0. The third kappa shape index (κ3) is 14.6. The minimum absolute atomic E-state index is 0.0846.